The number of hydrogen-bond donors (Lipinski definition) is 4. The van der Waals surface area contributed by atoms with Gasteiger partial charge in [0.15, 0.2) is 6.04 Å². The highest BCUT2D eigenvalue weighted by atomic mass is 16.3. The van der Waals surface area contributed by atoms with Crippen molar-refractivity contribution >= 4 is 17.5 Å². The molecule has 0 aliphatic heterocycles. The van der Waals surface area contributed by atoms with E-state index in [0.29, 0.717) is 18.7 Å². The van der Waals surface area contributed by atoms with Gasteiger partial charge in [-0.15, -0.1) is 0 Å². The maximum absolute atomic E-state index is 13.1. The molecular formula is C25H36N3O3+. The molecule has 0 bridgehead atoms. The van der Waals surface area contributed by atoms with Crippen LogP contribution >= 0.6 is 0 Å². The van der Waals surface area contributed by atoms with Crippen LogP contribution in [0.5, 0.6) is 0 Å². The summed E-state index contributed by atoms with van der Waals surface area (Å²) in [5.41, 5.74) is 1.52. The van der Waals surface area contributed by atoms with Crippen molar-refractivity contribution in [3.05, 3.63) is 66.2 Å². The first-order chi connectivity index (χ1) is 14.8. The summed E-state index contributed by atoms with van der Waals surface area (Å²) in [6.45, 7) is 8.36. The molecule has 0 radical (unpaired) electrons. The van der Waals surface area contributed by atoms with Crippen LogP contribution in [0, 0.1) is 11.8 Å². The molecule has 0 saturated heterocycles. The lowest BCUT2D eigenvalue weighted by Crippen LogP contribution is -2.94. The second-order valence-electron chi connectivity index (χ2n) is 8.71. The van der Waals surface area contributed by atoms with Crippen molar-refractivity contribution in [3.63, 3.8) is 0 Å². The maximum atomic E-state index is 13.1. The third-order valence-corrected chi connectivity index (χ3v) is 5.20. The Labute approximate surface area is 185 Å². The fraction of sp³-hybridized carbons (Fsp3) is 0.440. The first kappa shape index (κ1) is 24.6. The molecule has 0 aliphatic rings. The van der Waals surface area contributed by atoms with Crippen LogP contribution in [0.2, 0.25) is 0 Å². The van der Waals surface area contributed by atoms with Crippen molar-refractivity contribution in [2.24, 2.45) is 11.8 Å². The molecule has 0 saturated carbocycles. The van der Waals surface area contributed by atoms with Crippen LogP contribution in [-0.4, -0.2) is 35.5 Å². The van der Waals surface area contributed by atoms with Crippen molar-refractivity contribution in [1.82, 2.24) is 5.32 Å². The molecule has 6 nitrogen and oxygen atoms in total. The van der Waals surface area contributed by atoms with Gasteiger partial charge in [-0.25, -0.2) is 0 Å². The van der Waals surface area contributed by atoms with Crippen LogP contribution in [0.3, 0.4) is 0 Å². The van der Waals surface area contributed by atoms with Gasteiger partial charge in [-0.05, 0) is 30.0 Å². The van der Waals surface area contributed by atoms with Crippen LogP contribution in [0.1, 0.15) is 45.8 Å². The number of nitrogens with one attached hydrogen (secondary N) is 2. The lowest BCUT2D eigenvalue weighted by atomic mass is 9.99. The molecule has 0 aliphatic carbocycles. The molecule has 3 atom stereocenters. The fourth-order valence-electron chi connectivity index (χ4n) is 3.49. The zero-order valence-electron chi connectivity index (χ0n) is 18.9. The standard InChI is InChI=1S/C25H35N3O3/c1-17(2)15-21(24(30)27-20-13-9-6-10-14-20)28-25(31)23(18(3)4)26-16-22(29)19-11-7-5-8-12-19/h5-14,17-18,21-23,26,29H,15-16H2,1-4H3,(H,27,30)(H,28,31)/p+1/t21-,22+,23-/m0/s1. The smallest absolute Gasteiger partial charge is 0.279 e. The number of rotatable bonds is 11. The largest absolute Gasteiger partial charge is 0.382 e. The number of carbonyl (C=O) groups excluding carboxylic acids is 2. The highest BCUT2D eigenvalue weighted by Gasteiger charge is 2.31. The van der Waals surface area contributed by atoms with Gasteiger partial charge in [-0.3, -0.25) is 9.59 Å². The summed E-state index contributed by atoms with van der Waals surface area (Å²) >= 11 is 0. The van der Waals surface area contributed by atoms with E-state index in [1.807, 2.05) is 93.7 Å². The lowest BCUT2D eigenvalue weighted by molar-refractivity contribution is -0.688. The second kappa shape index (κ2) is 12.2. The summed E-state index contributed by atoms with van der Waals surface area (Å²) in [6, 6.07) is 17.6. The summed E-state index contributed by atoms with van der Waals surface area (Å²) in [5, 5.41) is 18.2. The first-order valence-corrected chi connectivity index (χ1v) is 11.0. The SMILES string of the molecule is CC(C)C[C@H](NC(=O)[C@@H]([NH2+]C[C@@H](O)c1ccccc1)C(C)C)C(=O)Nc1ccccc1. The Morgan fingerprint density at radius 2 is 1.48 bits per heavy atom. The number of carbonyl (C=O) groups is 2. The monoisotopic (exact) mass is 426 g/mol. The van der Waals surface area contributed by atoms with Crippen molar-refractivity contribution in [2.75, 3.05) is 11.9 Å². The predicted octanol–water partition coefficient (Wildman–Crippen LogP) is 2.48. The Morgan fingerprint density at radius 3 is 2.03 bits per heavy atom. The zero-order chi connectivity index (χ0) is 22.8. The molecule has 5 N–H and O–H groups in total. The normalized spacial score (nSPS) is 14.2. The van der Waals surface area contributed by atoms with Gasteiger partial charge in [0, 0.05) is 11.6 Å². The topological polar surface area (TPSA) is 95.0 Å². The van der Waals surface area contributed by atoms with Crippen LogP contribution in [0.25, 0.3) is 0 Å². The third-order valence-electron chi connectivity index (χ3n) is 5.20. The van der Waals surface area contributed by atoms with Gasteiger partial charge in [0.1, 0.15) is 18.7 Å². The number of aliphatic hydroxyl groups is 1. The Kier molecular flexibility index (Phi) is 9.69. The number of nitrogens with two attached hydrogens (primary N) is 1. The van der Waals surface area contributed by atoms with Crippen LogP contribution in [0.4, 0.5) is 5.69 Å². The summed E-state index contributed by atoms with van der Waals surface area (Å²) in [5.74, 6) is -0.128. The van der Waals surface area contributed by atoms with E-state index in [2.05, 4.69) is 10.6 Å². The van der Waals surface area contributed by atoms with Crippen molar-refractivity contribution in [3.8, 4) is 0 Å². The summed E-state index contributed by atoms with van der Waals surface area (Å²) in [6.07, 6.45) is -0.120. The van der Waals surface area contributed by atoms with E-state index in [0.717, 1.165) is 5.56 Å². The maximum Gasteiger partial charge on any atom is 0.279 e. The summed E-state index contributed by atoms with van der Waals surface area (Å²) in [4.78, 5) is 25.9. The van der Waals surface area contributed by atoms with Crippen molar-refractivity contribution < 1.29 is 20.0 Å². The van der Waals surface area contributed by atoms with E-state index in [4.69, 9.17) is 0 Å². The molecule has 0 heterocycles. The summed E-state index contributed by atoms with van der Waals surface area (Å²) in [7, 11) is 0. The lowest BCUT2D eigenvalue weighted by Gasteiger charge is -2.25. The van der Waals surface area contributed by atoms with E-state index in [9.17, 15) is 14.7 Å². The molecule has 2 rings (SSSR count). The molecular weight excluding hydrogens is 390 g/mol. The second-order valence-corrected chi connectivity index (χ2v) is 8.71. The number of para-hydroxylation sites is 1. The Morgan fingerprint density at radius 1 is 0.903 bits per heavy atom. The molecule has 0 aromatic heterocycles. The quantitative estimate of drug-likeness (QED) is 0.445. The number of quaternary nitrogens is 1. The zero-order valence-corrected chi connectivity index (χ0v) is 18.9. The molecule has 2 aromatic rings. The minimum absolute atomic E-state index is 0.0415. The van der Waals surface area contributed by atoms with E-state index in [1.165, 1.54) is 0 Å². The van der Waals surface area contributed by atoms with Crippen molar-refractivity contribution in [1.29, 1.82) is 0 Å². The van der Waals surface area contributed by atoms with Gasteiger partial charge in [0.05, 0.1) is 0 Å². The molecule has 168 valence electrons. The Bertz CT molecular complexity index is 809. The van der Waals surface area contributed by atoms with Gasteiger partial charge in [-0.1, -0.05) is 76.2 Å². The van der Waals surface area contributed by atoms with Gasteiger partial charge in [-0.2, -0.15) is 0 Å². The fourth-order valence-corrected chi connectivity index (χ4v) is 3.49. The molecule has 0 unspecified atom stereocenters. The average Bonchev–Trinajstić information content (AvgIpc) is 2.74. The average molecular weight is 427 g/mol. The summed E-state index contributed by atoms with van der Waals surface area (Å²) < 4.78 is 0. The molecule has 2 amide bonds. The van der Waals surface area contributed by atoms with E-state index >= 15 is 0 Å². The Hall–Kier alpha value is -2.70. The van der Waals surface area contributed by atoms with Crippen LogP contribution < -0.4 is 16.0 Å². The van der Waals surface area contributed by atoms with E-state index in [1.54, 1.807) is 0 Å². The molecule has 2 aromatic carbocycles. The number of benzene rings is 2. The predicted molar refractivity (Wildman–Crippen MR) is 123 cm³/mol. The molecule has 0 fully saturated rings. The van der Waals surface area contributed by atoms with Crippen LogP contribution in [-0.2, 0) is 9.59 Å². The molecule has 0 spiro atoms. The first-order valence-electron chi connectivity index (χ1n) is 11.0. The number of hydrogen-bond acceptors (Lipinski definition) is 3. The number of aliphatic hydroxyl groups excluding tert-OH is 1. The third kappa shape index (κ3) is 8.15. The van der Waals surface area contributed by atoms with Crippen molar-refractivity contribution in [2.45, 2.75) is 52.3 Å². The minimum atomic E-state index is -0.664. The number of anilines is 1. The number of amides is 2. The Balaban J connectivity index is 2.02. The molecule has 6 heteroatoms. The highest BCUT2D eigenvalue weighted by Crippen LogP contribution is 2.12. The van der Waals surface area contributed by atoms with Gasteiger partial charge in [0.25, 0.3) is 5.91 Å². The van der Waals surface area contributed by atoms with Crippen LogP contribution in [0.15, 0.2) is 60.7 Å². The van der Waals surface area contributed by atoms with Gasteiger partial charge in [0.2, 0.25) is 5.91 Å². The molecule has 31 heavy (non-hydrogen) atoms. The minimum Gasteiger partial charge on any atom is -0.382 e. The van der Waals surface area contributed by atoms with E-state index in [-0.39, 0.29) is 23.7 Å². The van der Waals surface area contributed by atoms with Gasteiger partial charge >= 0.3 is 0 Å². The highest BCUT2D eigenvalue weighted by molar-refractivity contribution is 5.97. The van der Waals surface area contributed by atoms with Gasteiger partial charge < -0.3 is 21.1 Å². The van der Waals surface area contributed by atoms with E-state index < -0.39 is 18.2 Å².